The number of nitrogens with one attached hydrogen (secondary N) is 1. The fourth-order valence-corrected chi connectivity index (χ4v) is 2.49. The second-order valence-electron chi connectivity index (χ2n) is 5.69. The number of halogens is 1. The van der Waals surface area contributed by atoms with Gasteiger partial charge in [-0.15, -0.1) is 0 Å². The van der Waals surface area contributed by atoms with E-state index >= 15 is 0 Å². The van der Waals surface area contributed by atoms with E-state index < -0.39 is 11.9 Å². The normalized spacial score (nSPS) is 11.9. The van der Waals surface area contributed by atoms with Crippen LogP contribution in [0.4, 0.5) is 10.1 Å². The highest BCUT2D eigenvalue weighted by atomic mass is 19.1. The number of rotatable bonds is 8. The first kappa shape index (κ1) is 17.0. The maximum absolute atomic E-state index is 13.0. The minimum Gasteiger partial charge on any atom is -0.370 e. The maximum Gasteiger partial charge on any atom is 0.244 e. The average Bonchev–Trinajstić information content (AvgIpc) is 2.55. The van der Waals surface area contributed by atoms with Crippen molar-refractivity contribution in [3.8, 4) is 0 Å². The number of amides is 1. The van der Waals surface area contributed by atoms with Crippen molar-refractivity contribution >= 4 is 11.6 Å². The second-order valence-corrected chi connectivity index (χ2v) is 5.69. The number of primary amides is 1. The summed E-state index contributed by atoms with van der Waals surface area (Å²) in [6, 6.07) is 13.1. The van der Waals surface area contributed by atoms with Gasteiger partial charge >= 0.3 is 0 Å². The molecule has 0 bridgehead atoms. The van der Waals surface area contributed by atoms with Crippen LogP contribution in [0.2, 0.25) is 0 Å². The molecule has 3 N–H and O–H groups in total. The molecule has 0 heterocycles. The van der Waals surface area contributed by atoms with Gasteiger partial charge in [-0.05, 0) is 48.2 Å². The zero-order chi connectivity index (χ0) is 16.7. The average molecular weight is 314 g/mol. The Balaban J connectivity index is 2.05. The summed E-state index contributed by atoms with van der Waals surface area (Å²) < 4.78 is 13.0. The Hall–Kier alpha value is -2.36. The van der Waals surface area contributed by atoms with Crippen LogP contribution < -0.4 is 11.1 Å². The molecule has 0 radical (unpaired) electrons. The Labute approximate surface area is 136 Å². The van der Waals surface area contributed by atoms with Crippen molar-refractivity contribution in [1.29, 1.82) is 0 Å². The molecule has 1 atom stereocenters. The van der Waals surface area contributed by atoms with Gasteiger partial charge in [0.2, 0.25) is 5.91 Å². The van der Waals surface area contributed by atoms with Crippen molar-refractivity contribution in [1.82, 2.24) is 0 Å². The topological polar surface area (TPSA) is 55.1 Å². The molecule has 2 aromatic carbocycles. The van der Waals surface area contributed by atoms with E-state index in [1.165, 1.54) is 37.0 Å². The Morgan fingerprint density at radius 1 is 1.09 bits per heavy atom. The maximum atomic E-state index is 13.0. The lowest BCUT2D eigenvalue weighted by atomic mass is 10.0. The van der Waals surface area contributed by atoms with E-state index in [1.54, 1.807) is 12.1 Å². The summed E-state index contributed by atoms with van der Waals surface area (Å²) in [4.78, 5) is 11.7. The standard InChI is InChI=1S/C19H23FN2O/c1-2-3-4-5-14-6-12-17(13-7-14)22-18(19(21)23)15-8-10-16(20)11-9-15/h6-13,18,22H,2-5H2,1H3,(H2,21,23). The van der Waals surface area contributed by atoms with Crippen LogP contribution in [0.5, 0.6) is 0 Å². The molecule has 0 fully saturated rings. The Kier molecular flexibility index (Phi) is 6.15. The monoisotopic (exact) mass is 314 g/mol. The van der Waals surface area contributed by atoms with E-state index in [1.807, 2.05) is 12.1 Å². The van der Waals surface area contributed by atoms with Crippen molar-refractivity contribution in [3.63, 3.8) is 0 Å². The number of hydrogen-bond donors (Lipinski definition) is 2. The number of benzene rings is 2. The van der Waals surface area contributed by atoms with Gasteiger partial charge in [0.25, 0.3) is 0 Å². The first-order valence-corrected chi connectivity index (χ1v) is 8.00. The van der Waals surface area contributed by atoms with Gasteiger partial charge in [0.15, 0.2) is 0 Å². The van der Waals surface area contributed by atoms with Crippen LogP contribution in [0.1, 0.15) is 43.4 Å². The molecule has 122 valence electrons. The molecule has 1 unspecified atom stereocenters. The number of aryl methyl sites for hydroxylation is 1. The highest BCUT2D eigenvalue weighted by Gasteiger charge is 2.17. The molecule has 0 saturated heterocycles. The summed E-state index contributed by atoms with van der Waals surface area (Å²) in [5.41, 5.74) is 8.21. The Morgan fingerprint density at radius 3 is 2.30 bits per heavy atom. The molecule has 3 nitrogen and oxygen atoms in total. The van der Waals surface area contributed by atoms with Crippen LogP contribution in [0, 0.1) is 5.82 Å². The molecule has 0 aliphatic carbocycles. The molecule has 0 saturated carbocycles. The van der Waals surface area contributed by atoms with Crippen molar-refractivity contribution in [2.45, 2.75) is 38.6 Å². The van der Waals surface area contributed by atoms with Crippen LogP contribution in [-0.2, 0) is 11.2 Å². The highest BCUT2D eigenvalue weighted by molar-refractivity contribution is 5.84. The third-order valence-electron chi connectivity index (χ3n) is 3.82. The van der Waals surface area contributed by atoms with E-state index in [0.717, 1.165) is 12.1 Å². The number of nitrogens with two attached hydrogens (primary N) is 1. The summed E-state index contributed by atoms with van der Waals surface area (Å²) in [6.45, 7) is 2.19. The molecule has 0 aliphatic rings. The lowest BCUT2D eigenvalue weighted by molar-refractivity contribution is -0.118. The van der Waals surface area contributed by atoms with Crippen molar-refractivity contribution in [3.05, 3.63) is 65.5 Å². The van der Waals surface area contributed by atoms with E-state index in [-0.39, 0.29) is 5.82 Å². The van der Waals surface area contributed by atoms with Crippen LogP contribution in [-0.4, -0.2) is 5.91 Å². The van der Waals surface area contributed by atoms with Gasteiger partial charge < -0.3 is 11.1 Å². The molecular weight excluding hydrogens is 291 g/mol. The fraction of sp³-hybridized carbons (Fsp3) is 0.316. The third-order valence-corrected chi connectivity index (χ3v) is 3.82. The molecule has 0 aliphatic heterocycles. The van der Waals surface area contributed by atoms with Crippen molar-refractivity contribution in [2.24, 2.45) is 5.73 Å². The number of hydrogen-bond acceptors (Lipinski definition) is 2. The highest BCUT2D eigenvalue weighted by Crippen LogP contribution is 2.21. The van der Waals surface area contributed by atoms with Gasteiger partial charge in [-0.2, -0.15) is 0 Å². The molecule has 0 spiro atoms. The summed E-state index contributed by atoms with van der Waals surface area (Å²) >= 11 is 0. The smallest absolute Gasteiger partial charge is 0.244 e. The first-order chi connectivity index (χ1) is 11.1. The van der Waals surface area contributed by atoms with Gasteiger partial charge in [-0.25, -0.2) is 4.39 Å². The van der Waals surface area contributed by atoms with E-state index in [9.17, 15) is 9.18 Å². The van der Waals surface area contributed by atoms with Crippen LogP contribution in [0.15, 0.2) is 48.5 Å². The number of unbranched alkanes of at least 4 members (excludes halogenated alkanes) is 2. The molecule has 1 amide bonds. The quantitative estimate of drug-likeness (QED) is 0.718. The minimum absolute atomic E-state index is 0.339. The van der Waals surface area contributed by atoms with Crippen molar-refractivity contribution in [2.75, 3.05) is 5.32 Å². The predicted octanol–water partition coefficient (Wildman–Crippen LogP) is 4.20. The number of carbonyl (C=O) groups is 1. The van der Waals surface area contributed by atoms with Crippen LogP contribution in [0.3, 0.4) is 0 Å². The second kappa shape index (κ2) is 8.32. The van der Waals surface area contributed by atoms with Gasteiger partial charge in [0.1, 0.15) is 11.9 Å². The summed E-state index contributed by atoms with van der Waals surface area (Å²) in [5, 5.41) is 3.11. The van der Waals surface area contributed by atoms with Gasteiger partial charge in [0, 0.05) is 5.69 Å². The Bertz CT molecular complexity index is 623. The van der Waals surface area contributed by atoms with Gasteiger partial charge in [-0.1, -0.05) is 44.0 Å². The molecule has 2 rings (SSSR count). The van der Waals surface area contributed by atoms with Crippen molar-refractivity contribution < 1.29 is 9.18 Å². The number of anilines is 1. The third kappa shape index (κ3) is 5.09. The van der Waals surface area contributed by atoms with Gasteiger partial charge in [0.05, 0.1) is 0 Å². The zero-order valence-corrected chi connectivity index (χ0v) is 13.4. The first-order valence-electron chi connectivity index (χ1n) is 8.00. The summed E-state index contributed by atoms with van der Waals surface area (Å²) in [7, 11) is 0. The fourth-order valence-electron chi connectivity index (χ4n) is 2.49. The predicted molar refractivity (Wildman–Crippen MR) is 91.6 cm³/mol. The Morgan fingerprint density at radius 2 is 1.74 bits per heavy atom. The molecule has 2 aromatic rings. The van der Waals surface area contributed by atoms with E-state index in [0.29, 0.717) is 5.56 Å². The lowest BCUT2D eigenvalue weighted by Crippen LogP contribution is -2.27. The molecule has 4 heteroatoms. The SMILES string of the molecule is CCCCCc1ccc(NC(C(N)=O)c2ccc(F)cc2)cc1. The molecule has 23 heavy (non-hydrogen) atoms. The minimum atomic E-state index is -0.679. The number of carbonyl (C=O) groups excluding carboxylic acids is 1. The molecular formula is C19H23FN2O. The zero-order valence-electron chi connectivity index (χ0n) is 13.4. The largest absolute Gasteiger partial charge is 0.370 e. The van der Waals surface area contributed by atoms with Gasteiger partial charge in [-0.3, -0.25) is 4.79 Å². The van der Waals surface area contributed by atoms with Crippen LogP contribution in [0.25, 0.3) is 0 Å². The summed E-state index contributed by atoms with van der Waals surface area (Å²) in [6.07, 6.45) is 4.68. The lowest BCUT2D eigenvalue weighted by Gasteiger charge is -2.17. The van der Waals surface area contributed by atoms with E-state index in [2.05, 4.69) is 24.4 Å². The molecule has 0 aromatic heterocycles. The van der Waals surface area contributed by atoms with Crippen LogP contribution >= 0.6 is 0 Å². The summed E-state index contributed by atoms with van der Waals surface area (Å²) in [5.74, 6) is -0.836. The van der Waals surface area contributed by atoms with E-state index in [4.69, 9.17) is 5.73 Å².